The second-order valence-electron chi connectivity index (χ2n) is 3.36. The summed E-state index contributed by atoms with van der Waals surface area (Å²) in [5.74, 6) is -0.317. The Morgan fingerprint density at radius 2 is 2.15 bits per heavy atom. The molecule has 0 amide bonds. The lowest BCUT2D eigenvalue weighted by Gasteiger charge is -2.30. The number of methoxy groups -OCH3 is 1. The van der Waals surface area contributed by atoms with Crippen molar-refractivity contribution in [3.8, 4) is 6.07 Å². The number of aliphatic hydroxyl groups is 1. The van der Waals surface area contributed by atoms with E-state index in [2.05, 4.69) is 6.07 Å². The molecule has 0 rings (SSSR count). The zero-order valence-corrected chi connectivity index (χ0v) is 8.71. The SMILES string of the molecule is CCCC(C#N)C(O)(CC)COC. The van der Waals surface area contributed by atoms with Crippen LogP contribution in [0.2, 0.25) is 0 Å². The van der Waals surface area contributed by atoms with Gasteiger partial charge in [-0.05, 0) is 12.8 Å². The fourth-order valence-corrected chi connectivity index (χ4v) is 1.44. The van der Waals surface area contributed by atoms with Crippen LogP contribution in [0.4, 0.5) is 0 Å². The summed E-state index contributed by atoms with van der Waals surface area (Å²) in [6.07, 6.45) is 2.19. The first-order valence-electron chi connectivity index (χ1n) is 4.75. The van der Waals surface area contributed by atoms with Crippen LogP contribution >= 0.6 is 0 Å². The molecule has 0 aromatic rings. The van der Waals surface area contributed by atoms with Crippen molar-refractivity contribution in [2.75, 3.05) is 13.7 Å². The largest absolute Gasteiger partial charge is 0.386 e. The molecule has 3 nitrogen and oxygen atoms in total. The Hall–Kier alpha value is -0.590. The lowest BCUT2D eigenvalue weighted by molar-refractivity contribution is -0.0634. The maximum atomic E-state index is 10.1. The van der Waals surface area contributed by atoms with Crippen molar-refractivity contribution in [2.24, 2.45) is 5.92 Å². The molecular formula is C10H19NO2. The van der Waals surface area contributed by atoms with E-state index in [-0.39, 0.29) is 12.5 Å². The number of ether oxygens (including phenoxy) is 1. The quantitative estimate of drug-likeness (QED) is 0.685. The van der Waals surface area contributed by atoms with Gasteiger partial charge in [0.2, 0.25) is 0 Å². The molecule has 0 bridgehead atoms. The third-order valence-electron chi connectivity index (χ3n) is 2.39. The third kappa shape index (κ3) is 3.33. The van der Waals surface area contributed by atoms with Gasteiger partial charge in [0.1, 0.15) is 5.60 Å². The Bertz CT molecular complexity index is 176. The molecule has 0 aromatic carbocycles. The molecule has 76 valence electrons. The van der Waals surface area contributed by atoms with Gasteiger partial charge >= 0.3 is 0 Å². The summed E-state index contributed by atoms with van der Waals surface area (Å²) in [7, 11) is 1.54. The zero-order valence-electron chi connectivity index (χ0n) is 8.71. The van der Waals surface area contributed by atoms with Crippen LogP contribution < -0.4 is 0 Å². The molecule has 0 aromatic heterocycles. The number of nitriles is 1. The molecule has 0 aliphatic carbocycles. The Morgan fingerprint density at radius 1 is 1.54 bits per heavy atom. The van der Waals surface area contributed by atoms with E-state index in [1.165, 1.54) is 0 Å². The summed E-state index contributed by atoms with van der Waals surface area (Å²) in [6, 6.07) is 2.15. The van der Waals surface area contributed by atoms with Gasteiger partial charge < -0.3 is 9.84 Å². The van der Waals surface area contributed by atoms with E-state index in [1.54, 1.807) is 7.11 Å². The van der Waals surface area contributed by atoms with Crippen LogP contribution in [0.25, 0.3) is 0 Å². The summed E-state index contributed by atoms with van der Waals surface area (Å²) in [6.45, 7) is 4.12. The second kappa shape index (κ2) is 5.95. The van der Waals surface area contributed by atoms with E-state index in [9.17, 15) is 5.11 Å². The molecule has 13 heavy (non-hydrogen) atoms. The average Bonchev–Trinajstić information content (AvgIpc) is 2.14. The fourth-order valence-electron chi connectivity index (χ4n) is 1.44. The molecule has 0 saturated heterocycles. The van der Waals surface area contributed by atoms with E-state index in [0.29, 0.717) is 6.42 Å². The minimum absolute atomic E-state index is 0.238. The zero-order chi connectivity index (χ0) is 10.3. The van der Waals surface area contributed by atoms with Gasteiger partial charge in [0.25, 0.3) is 0 Å². The van der Waals surface area contributed by atoms with Crippen molar-refractivity contribution in [2.45, 2.75) is 38.7 Å². The predicted molar refractivity (Wildman–Crippen MR) is 51.1 cm³/mol. The Kier molecular flexibility index (Phi) is 5.68. The van der Waals surface area contributed by atoms with Gasteiger partial charge in [-0.25, -0.2) is 0 Å². The highest BCUT2D eigenvalue weighted by Gasteiger charge is 2.34. The van der Waals surface area contributed by atoms with E-state index < -0.39 is 5.60 Å². The Labute approximate surface area is 80.3 Å². The van der Waals surface area contributed by atoms with Crippen molar-refractivity contribution in [3.05, 3.63) is 0 Å². The Balaban J connectivity index is 4.41. The molecule has 0 heterocycles. The molecule has 0 fully saturated rings. The van der Waals surface area contributed by atoms with E-state index in [4.69, 9.17) is 10.00 Å². The summed E-state index contributed by atoms with van der Waals surface area (Å²) in [4.78, 5) is 0. The highest BCUT2D eigenvalue weighted by atomic mass is 16.5. The normalized spacial score (nSPS) is 17.5. The highest BCUT2D eigenvalue weighted by molar-refractivity contribution is 4.97. The van der Waals surface area contributed by atoms with Gasteiger partial charge in [0.05, 0.1) is 18.6 Å². The predicted octanol–water partition coefficient (Wildman–Crippen LogP) is 1.71. The number of hydrogen-bond acceptors (Lipinski definition) is 3. The van der Waals surface area contributed by atoms with Crippen molar-refractivity contribution in [1.29, 1.82) is 5.26 Å². The summed E-state index contributed by atoms with van der Waals surface area (Å²) < 4.78 is 4.93. The van der Waals surface area contributed by atoms with Crippen LogP contribution in [0.5, 0.6) is 0 Å². The van der Waals surface area contributed by atoms with Gasteiger partial charge in [0, 0.05) is 7.11 Å². The number of nitrogens with zero attached hydrogens (tertiary/aromatic N) is 1. The third-order valence-corrected chi connectivity index (χ3v) is 2.39. The second-order valence-corrected chi connectivity index (χ2v) is 3.36. The monoisotopic (exact) mass is 185 g/mol. The van der Waals surface area contributed by atoms with Gasteiger partial charge in [-0.15, -0.1) is 0 Å². The lowest BCUT2D eigenvalue weighted by atomic mass is 9.84. The van der Waals surface area contributed by atoms with Crippen LogP contribution in [-0.2, 0) is 4.74 Å². The minimum atomic E-state index is -0.973. The maximum absolute atomic E-state index is 10.1. The molecular weight excluding hydrogens is 166 g/mol. The summed E-state index contributed by atoms with van der Waals surface area (Å²) in [5, 5.41) is 18.9. The van der Waals surface area contributed by atoms with Crippen LogP contribution in [0.1, 0.15) is 33.1 Å². The smallest absolute Gasteiger partial charge is 0.103 e. The topological polar surface area (TPSA) is 53.2 Å². The lowest BCUT2D eigenvalue weighted by Crippen LogP contribution is -2.41. The average molecular weight is 185 g/mol. The molecule has 0 aliphatic heterocycles. The van der Waals surface area contributed by atoms with Gasteiger partial charge in [-0.2, -0.15) is 5.26 Å². The van der Waals surface area contributed by atoms with Crippen LogP contribution in [0.15, 0.2) is 0 Å². The minimum Gasteiger partial charge on any atom is -0.386 e. The van der Waals surface area contributed by atoms with Crippen molar-refractivity contribution in [1.82, 2.24) is 0 Å². The van der Waals surface area contributed by atoms with Crippen LogP contribution in [0.3, 0.4) is 0 Å². The van der Waals surface area contributed by atoms with E-state index >= 15 is 0 Å². The molecule has 0 spiro atoms. The standard InChI is InChI=1S/C10H19NO2/c1-4-6-9(7-11)10(12,5-2)8-13-3/h9,12H,4-6,8H2,1-3H3. The van der Waals surface area contributed by atoms with Crippen LogP contribution in [0, 0.1) is 17.2 Å². The molecule has 0 aliphatic rings. The molecule has 2 atom stereocenters. The van der Waals surface area contributed by atoms with E-state index in [1.807, 2.05) is 13.8 Å². The first-order valence-corrected chi connectivity index (χ1v) is 4.75. The summed E-state index contributed by atoms with van der Waals surface area (Å²) in [5.41, 5.74) is -0.973. The van der Waals surface area contributed by atoms with Crippen LogP contribution in [-0.4, -0.2) is 24.4 Å². The van der Waals surface area contributed by atoms with Gasteiger partial charge in [-0.1, -0.05) is 20.3 Å². The first-order chi connectivity index (χ1) is 6.14. The Morgan fingerprint density at radius 3 is 2.46 bits per heavy atom. The molecule has 0 radical (unpaired) electrons. The fraction of sp³-hybridized carbons (Fsp3) is 0.900. The molecule has 3 heteroatoms. The maximum Gasteiger partial charge on any atom is 0.103 e. The van der Waals surface area contributed by atoms with Crippen molar-refractivity contribution in [3.63, 3.8) is 0 Å². The van der Waals surface area contributed by atoms with Gasteiger partial charge in [-0.3, -0.25) is 0 Å². The number of hydrogen-bond donors (Lipinski definition) is 1. The first kappa shape index (κ1) is 12.4. The van der Waals surface area contributed by atoms with E-state index in [0.717, 1.165) is 12.8 Å². The summed E-state index contributed by atoms with van der Waals surface area (Å²) >= 11 is 0. The van der Waals surface area contributed by atoms with Crippen molar-refractivity contribution >= 4 is 0 Å². The van der Waals surface area contributed by atoms with Crippen molar-refractivity contribution < 1.29 is 9.84 Å². The molecule has 0 saturated carbocycles. The molecule has 2 unspecified atom stereocenters. The molecule has 1 N–H and O–H groups in total. The highest BCUT2D eigenvalue weighted by Crippen LogP contribution is 2.25. The van der Waals surface area contributed by atoms with Gasteiger partial charge in [0.15, 0.2) is 0 Å². The number of rotatable bonds is 6.